The number of aromatic nitrogens is 5. The van der Waals surface area contributed by atoms with Crippen LogP contribution in [0.1, 0.15) is 30.1 Å². The Morgan fingerprint density at radius 1 is 0.962 bits per heavy atom. The van der Waals surface area contributed by atoms with E-state index in [1.54, 1.807) is 12.3 Å². The second-order valence-electron chi connectivity index (χ2n) is 6.74. The highest BCUT2D eigenvalue weighted by molar-refractivity contribution is 5.65. The molecule has 0 amide bonds. The van der Waals surface area contributed by atoms with Gasteiger partial charge in [-0.2, -0.15) is 5.26 Å². The largest absolute Gasteiger partial charge is 0.352 e. The first-order valence-corrected chi connectivity index (χ1v) is 8.90. The molecule has 0 atom stereocenters. The molecule has 8 nitrogen and oxygen atoms in total. The number of anilines is 2. The summed E-state index contributed by atoms with van der Waals surface area (Å²) in [5, 5.41) is 18.1. The summed E-state index contributed by atoms with van der Waals surface area (Å²) in [6.45, 7) is 3.19. The molecule has 0 unspecified atom stereocenters. The van der Waals surface area contributed by atoms with Gasteiger partial charge in [0.25, 0.3) is 0 Å². The van der Waals surface area contributed by atoms with Crippen LogP contribution in [0.4, 0.5) is 11.6 Å². The van der Waals surface area contributed by atoms with Crippen molar-refractivity contribution in [3.8, 4) is 6.07 Å². The fraction of sp³-hybridized carbons (Fsp3) is 0.389. The van der Waals surface area contributed by atoms with Crippen molar-refractivity contribution in [3.05, 3.63) is 42.1 Å². The lowest BCUT2D eigenvalue weighted by Crippen LogP contribution is -2.47. The minimum absolute atomic E-state index is 0.547. The lowest BCUT2D eigenvalue weighted by Gasteiger charge is -2.36. The van der Waals surface area contributed by atoms with Crippen LogP contribution in [0.15, 0.2) is 30.7 Å². The van der Waals surface area contributed by atoms with E-state index in [1.165, 1.54) is 12.8 Å². The smallest absolute Gasteiger partial charge is 0.203 e. The lowest BCUT2D eigenvalue weighted by molar-refractivity contribution is 0.641. The molecule has 0 aromatic carbocycles. The van der Waals surface area contributed by atoms with Crippen LogP contribution in [0.5, 0.6) is 0 Å². The van der Waals surface area contributed by atoms with Gasteiger partial charge in [0.1, 0.15) is 17.7 Å². The first kappa shape index (κ1) is 15.1. The predicted molar refractivity (Wildman–Crippen MR) is 96.1 cm³/mol. The molecule has 1 saturated carbocycles. The Hall–Kier alpha value is -3.21. The summed E-state index contributed by atoms with van der Waals surface area (Å²) in [6.07, 6.45) is 7.91. The molecule has 1 aliphatic heterocycles. The van der Waals surface area contributed by atoms with Gasteiger partial charge in [0.05, 0.1) is 5.56 Å². The van der Waals surface area contributed by atoms with Gasteiger partial charge in [-0.05, 0) is 25.0 Å². The summed E-state index contributed by atoms with van der Waals surface area (Å²) in [5.74, 6) is 3.24. The Balaban J connectivity index is 1.39. The molecule has 3 aromatic rings. The third kappa shape index (κ3) is 2.44. The van der Waals surface area contributed by atoms with Gasteiger partial charge < -0.3 is 9.80 Å². The molecule has 8 heteroatoms. The van der Waals surface area contributed by atoms with E-state index in [4.69, 9.17) is 0 Å². The molecule has 26 heavy (non-hydrogen) atoms. The normalized spacial score (nSPS) is 17.5. The summed E-state index contributed by atoms with van der Waals surface area (Å²) >= 11 is 0. The van der Waals surface area contributed by atoms with Crippen molar-refractivity contribution in [1.29, 1.82) is 5.26 Å². The molecule has 5 rings (SSSR count). The highest BCUT2D eigenvalue weighted by atomic mass is 15.3. The van der Waals surface area contributed by atoms with Crippen LogP contribution >= 0.6 is 0 Å². The number of nitrogens with zero attached hydrogens (tertiary/aromatic N) is 8. The lowest BCUT2D eigenvalue weighted by atomic mass is 10.2. The van der Waals surface area contributed by atoms with E-state index >= 15 is 0 Å². The maximum Gasteiger partial charge on any atom is 0.203 e. The van der Waals surface area contributed by atoms with Crippen molar-refractivity contribution >= 4 is 17.3 Å². The van der Waals surface area contributed by atoms with Crippen LogP contribution in [0.3, 0.4) is 0 Å². The second-order valence-corrected chi connectivity index (χ2v) is 6.74. The van der Waals surface area contributed by atoms with E-state index in [0.29, 0.717) is 11.5 Å². The Kier molecular flexibility index (Phi) is 3.45. The molecule has 4 heterocycles. The molecule has 3 aromatic heterocycles. The number of nitriles is 1. The van der Waals surface area contributed by atoms with Crippen LogP contribution in [-0.2, 0) is 0 Å². The zero-order valence-electron chi connectivity index (χ0n) is 14.3. The summed E-state index contributed by atoms with van der Waals surface area (Å²) in [4.78, 5) is 13.4. The van der Waals surface area contributed by atoms with Gasteiger partial charge in [-0.25, -0.2) is 9.97 Å². The van der Waals surface area contributed by atoms with Crippen LogP contribution in [0, 0.1) is 11.3 Å². The first-order chi connectivity index (χ1) is 12.8. The molecular formula is C18H18N8. The van der Waals surface area contributed by atoms with E-state index < -0.39 is 0 Å². The van der Waals surface area contributed by atoms with E-state index in [1.807, 2.05) is 18.5 Å². The Bertz CT molecular complexity index is 992. The summed E-state index contributed by atoms with van der Waals surface area (Å²) < 4.78 is 2.08. The average Bonchev–Trinajstić information content (AvgIpc) is 3.46. The van der Waals surface area contributed by atoms with Crippen LogP contribution in [0.2, 0.25) is 0 Å². The van der Waals surface area contributed by atoms with Crippen molar-refractivity contribution in [2.45, 2.75) is 18.8 Å². The third-order valence-electron chi connectivity index (χ3n) is 5.06. The molecule has 0 N–H and O–H groups in total. The zero-order chi connectivity index (χ0) is 17.5. The van der Waals surface area contributed by atoms with Crippen molar-refractivity contribution in [3.63, 3.8) is 0 Å². The van der Waals surface area contributed by atoms with Crippen molar-refractivity contribution < 1.29 is 0 Å². The van der Waals surface area contributed by atoms with Gasteiger partial charge >= 0.3 is 0 Å². The number of fused-ring (bicyclic) bond motifs is 1. The Morgan fingerprint density at radius 3 is 2.42 bits per heavy atom. The van der Waals surface area contributed by atoms with Gasteiger partial charge in [-0.15, -0.1) is 10.2 Å². The van der Waals surface area contributed by atoms with Crippen LogP contribution in [-0.4, -0.2) is 50.7 Å². The predicted octanol–water partition coefficient (Wildman–Crippen LogP) is 1.59. The Morgan fingerprint density at radius 2 is 1.69 bits per heavy atom. The second kappa shape index (κ2) is 5.95. The SMILES string of the molecule is N#Cc1cccnc1N1CCN(c2nccn3c(C4CC4)nnc23)CC1. The maximum atomic E-state index is 9.29. The van der Waals surface area contributed by atoms with E-state index in [2.05, 4.69) is 40.4 Å². The van der Waals surface area contributed by atoms with Crippen molar-refractivity contribution in [1.82, 2.24) is 24.6 Å². The molecule has 0 spiro atoms. The minimum atomic E-state index is 0.547. The average molecular weight is 346 g/mol. The quantitative estimate of drug-likeness (QED) is 0.712. The van der Waals surface area contributed by atoms with Gasteiger partial charge in [0.15, 0.2) is 5.82 Å². The van der Waals surface area contributed by atoms with Gasteiger partial charge in [0, 0.05) is 50.7 Å². The first-order valence-electron chi connectivity index (χ1n) is 8.90. The number of piperazine rings is 1. The molecule has 2 fully saturated rings. The standard InChI is InChI=1S/C18H18N8/c19-12-14-2-1-5-20-15(14)24-8-10-25(11-9-24)17-18-23-22-16(13-3-4-13)26(18)7-6-21-17/h1-2,5-7,13H,3-4,8-11H2. The van der Waals surface area contributed by atoms with Crippen molar-refractivity contribution in [2.75, 3.05) is 36.0 Å². The van der Waals surface area contributed by atoms with E-state index in [-0.39, 0.29) is 0 Å². The number of hydrogen-bond donors (Lipinski definition) is 0. The molecule has 0 radical (unpaired) electrons. The van der Waals surface area contributed by atoms with Crippen molar-refractivity contribution in [2.24, 2.45) is 0 Å². The zero-order valence-corrected chi connectivity index (χ0v) is 14.3. The molecule has 1 saturated heterocycles. The third-order valence-corrected chi connectivity index (χ3v) is 5.06. The molecule has 0 bridgehead atoms. The topological polar surface area (TPSA) is 86.2 Å². The van der Waals surface area contributed by atoms with Gasteiger partial charge in [-0.1, -0.05) is 0 Å². The van der Waals surface area contributed by atoms with E-state index in [0.717, 1.165) is 49.3 Å². The molecule has 2 aliphatic rings. The molecule has 130 valence electrons. The number of hydrogen-bond acceptors (Lipinski definition) is 7. The summed E-state index contributed by atoms with van der Waals surface area (Å²) in [6, 6.07) is 5.84. The highest BCUT2D eigenvalue weighted by Crippen LogP contribution is 2.39. The van der Waals surface area contributed by atoms with Crippen LogP contribution < -0.4 is 9.80 Å². The summed E-state index contributed by atoms with van der Waals surface area (Å²) in [7, 11) is 0. The maximum absolute atomic E-state index is 9.29. The minimum Gasteiger partial charge on any atom is -0.352 e. The van der Waals surface area contributed by atoms with Crippen LogP contribution in [0.25, 0.3) is 5.65 Å². The number of pyridine rings is 1. The number of rotatable bonds is 3. The highest BCUT2D eigenvalue weighted by Gasteiger charge is 2.30. The fourth-order valence-electron chi connectivity index (χ4n) is 3.54. The molecular weight excluding hydrogens is 328 g/mol. The Labute approximate surface area is 150 Å². The fourth-order valence-corrected chi connectivity index (χ4v) is 3.54. The monoisotopic (exact) mass is 346 g/mol. The van der Waals surface area contributed by atoms with E-state index in [9.17, 15) is 5.26 Å². The summed E-state index contributed by atoms with van der Waals surface area (Å²) in [5.41, 5.74) is 1.45. The molecule has 1 aliphatic carbocycles. The van der Waals surface area contributed by atoms with Gasteiger partial charge in [0.2, 0.25) is 5.65 Å². The van der Waals surface area contributed by atoms with Gasteiger partial charge in [-0.3, -0.25) is 4.40 Å².